The van der Waals surface area contributed by atoms with Gasteiger partial charge in [-0.2, -0.15) is 0 Å². The van der Waals surface area contributed by atoms with Gasteiger partial charge in [-0.3, -0.25) is 4.79 Å². The van der Waals surface area contributed by atoms with Gasteiger partial charge in [-0.25, -0.2) is 0 Å². The van der Waals surface area contributed by atoms with Gasteiger partial charge in [0.15, 0.2) is 0 Å². The first kappa shape index (κ1) is 14.2. The minimum absolute atomic E-state index is 0.100. The number of amides is 1. The zero-order valence-corrected chi connectivity index (χ0v) is 12.9. The van der Waals surface area contributed by atoms with E-state index in [4.69, 9.17) is 5.73 Å². The Balaban J connectivity index is 1.88. The summed E-state index contributed by atoms with van der Waals surface area (Å²) < 4.78 is 0. The molecule has 0 bridgehead atoms. The number of piperidine rings is 1. The quantitative estimate of drug-likeness (QED) is 0.813. The van der Waals surface area contributed by atoms with Gasteiger partial charge in [0.05, 0.1) is 11.4 Å². The normalized spacial score (nSPS) is 22.1. The lowest BCUT2D eigenvalue weighted by Gasteiger charge is -2.38. The molecule has 0 aromatic heterocycles. The van der Waals surface area contributed by atoms with E-state index in [0.29, 0.717) is 12.5 Å². The van der Waals surface area contributed by atoms with Crippen molar-refractivity contribution in [3.8, 4) is 0 Å². The number of hydrogen-bond acceptors (Lipinski definition) is 4. The van der Waals surface area contributed by atoms with Crippen molar-refractivity contribution in [1.82, 2.24) is 4.90 Å². The van der Waals surface area contributed by atoms with Gasteiger partial charge in [0.2, 0.25) is 5.91 Å². The van der Waals surface area contributed by atoms with Crippen molar-refractivity contribution in [3.63, 3.8) is 0 Å². The van der Waals surface area contributed by atoms with Crippen molar-refractivity contribution in [3.05, 3.63) is 17.7 Å². The van der Waals surface area contributed by atoms with Crippen LogP contribution in [0.5, 0.6) is 0 Å². The fraction of sp³-hybridized carbons (Fsp3) is 0.562. The second kappa shape index (κ2) is 5.56. The summed E-state index contributed by atoms with van der Waals surface area (Å²) in [4.78, 5) is 16.2. The Labute approximate surface area is 126 Å². The Kier molecular flexibility index (Phi) is 3.76. The number of carbonyl (C=O) groups is 1. The largest absolute Gasteiger partial charge is 0.397 e. The summed E-state index contributed by atoms with van der Waals surface area (Å²) in [6.45, 7) is 2.02. The molecule has 1 aromatic carbocycles. The molecule has 0 saturated carbocycles. The third-order valence-electron chi connectivity index (χ3n) is 4.62. The second-order valence-corrected chi connectivity index (χ2v) is 6.32. The van der Waals surface area contributed by atoms with Gasteiger partial charge in [-0.1, -0.05) is 0 Å². The maximum Gasteiger partial charge on any atom is 0.224 e. The smallest absolute Gasteiger partial charge is 0.224 e. The van der Waals surface area contributed by atoms with Crippen LogP contribution in [0.2, 0.25) is 0 Å². The number of aryl methyl sites for hydroxylation is 1. The fourth-order valence-electron chi connectivity index (χ4n) is 3.31. The number of nitrogens with one attached hydrogen (secondary N) is 1. The van der Waals surface area contributed by atoms with E-state index in [0.717, 1.165) is 42.1 Å². The number of carbonyl (C=O) groups excluding carboxylic acids is 1. The SMILES string of the molecule is CN(C)C1CCCN(c2cc3c(cc2N)CCC(=O)N3)C1. The van der Waals surface area contributed by atoms with Crippen LogP contribution in [0.4, 0.5) is 17.1 Å². The molecule has 1 saturated heterocycles. The number of hydrogen-bond donors (Lipinski definition) is 2. The molecule has 1 atom stereocenters. The van der Waals surface area contributed by atoms with Crippen molar-refractivity contribution < 1.29 is 4.79 Å². The summed E-state index contributed by atoms with van der Waals surface area (Å²) in [6, 6.07) is 4.65. The highest BCUT2D eigenvalue weighted by Crippen LogP contribution is 2.34. The Morgan fingerprint density at radius 1 is 1.33 bits per heavy atom. The Morgan fingerprint density at radius 3 is 2.90 bits per heavy atom. The first-order valence-corrected chi connectivity index (χ1v) is 7.68. The van der Waals surface area contributed by atoms with Gasteiger partial charge in [0.25, 0.3) is 0 Å². The molecular formula is C16H24N4O. The highest BCUT2D eigenvalue weighted by molar-refractivity contribution is 5.95. The highest BCUT2D eigenvalue weighted by atomic mass is 16.1. The standard InChI is InChI=1S/C16H24N4O/c1-19(2)12-4-3-7-20(10-12)15-9-14-11(8-13(15)17)5-6-16(21)18-14/h8-9,12H,3-7,10,17H2,1-2H3,(H,18,21). The molecule has 1 unspecified atom stereocenters. The van der Waals surface area contributed by atoms with E-state index < -0.39 is 0 Å². The molecule has 1 fully saturated rings. The van der Waals surface area contributed by atoms with Crippen LogP contribution >= 0.6 is 0 Å². The van der Waals surface area contributed by atoms with E-state index in [9.17, 15) is 4.79 Å². The Morgan fingerprint density at radius 2 is 2.14 bits per heavy atom. The molecule has 0 aliphatic carbocycles. The average Bonchev–Trinajstić information content (AvgIpc) is 2.47. The van der Waals surface area contributed by atoms with Crippen LogP contribution in [-0.2, 0) is 11.2 Å². The highest BCUT2D eigenvalue weighted by Gasteiger charge is 2.24. The Hall–Kier alpha value is -1.75. The summed E-state index contributed by atoms with van der Waals surface area (Å²) in [5.74, 6) is 0.100. The molecule has 21 heavy (non-hydrogen) atoms. The molecule has 1 amide bonds. The summed E-state index contributed by atoms with van der Waals surface area (Å²) in [5.41, 5.74) is 10.2. The topological polar surface area (TPSA) is 61.6 Å². The van der Waals surface area contributed by atoms with Crippen molar-refractivity contribution in [1.29, 1.82) is 0 Å². The predicted octanol–water partition coefficient (Wildman–Crippen LogP) is 1.68. The monoisotopic (exact) mass is 288 g/mol. The van der Waals surface area contributed by atoms with Crippen molar-refractivity contribution in [2.24, 2.45) is 0 Å². The minimum atomic E-state index is 0.100. The molecule has 5 heteroatoms. The average molecular weight is 288 g/mol. The molecule has 0 spiro atoms. The molecule has 114 valence electrons. The van der Waals surface area contributed by atoms with Gasteiger partial charge in [0, 0.05) is 31.2 Å². The van der Waals surface area contributed by atoms with Gasteiger partial charge >= 0.3 is 0 Å². The van der Waals surface area contributed by atoms with E-state index in [1.54, 1.807) is 0 Å². The summed E-state index contributed by atoms with van der Waals surface area (Å²) in [6.07, 6.45) is 3.74. The van der Waals surface area contributed by atoms with E-state index in [2.05, 4.69) is 35.3 Å². The van der Waals surface area contributed by atoms with E-state index in [1.165, 1.54) is 12.8 Å². The van der Waals surface area contributed by atoms with Crippen LogP contribution < -0.4 is 16.0 Å². The third kappa shape index (κ3) is 2.83. The lowest BCUT2D eigenvalue weighted by atomic mass is 9.99. The maximum atomic E-state index is 11.6. The molecule has 5 nitrogen and oxygen atoms in total. The number of nitrogens with two attached hydrogens (primary N) is 1. The number of benzene rings is 1. The number of likely N-dealkylation sites (N-methyl/N-ethyl adjacent to an activating group) is 1. The zero-order chi connectivity index (χ0) is 15.0. The van der Waals surface area contributed by atoms with Crippen molar-refractivity contribution in [2.45, 2.75) is 31.7 Å². The van der Waals surface area contributed by atoms with E-state index in [-0.39, 0.29) is 5.91 Å². The van der Waals surface area contributed by atoms with Gasteiger partial charge in [0.1, 0.15) is 0 Å². The minimum Gasteiger partial charge on any atom is -0.397 e. The number of fused-ring (bicyclic) bond motifs is 1. The number of nitrogen functional groups attached to an aromatic ring is 1. The van der Waals surface area contributed by atoms with Crippen LogP contribution in [0.3, 0.4) is 0 Å². The molecule has 2 aliphatic rings. The van der Waals surface area contributed by atoms with Gasteiger partial charge < -0.3 is 20.9 Å². The molecule has 2 heterocycles. The number of nitrogens with zero attached hydrogens (tertiary/aromatic N) is 2. The van der Waals surface area contributed by atoms with Gasteiger partial charge in [-0.05, 0) is 51.1 Å². The number of anilines is 3. The molecule has 0 radical (unpaired) electrons. The van der Waals surface area contributed by atoms with E-state index in [1.807, 2.05) is 6.07 Å². The molecule has 2 aliphatic heterocycles. The Bertz CT molecular complexity index is 555. The zero-order valence-electron chi connectivity index (χ0n) is 12.9. The van der Waals surface area contributed by atoms with Crippen LogP contribution in [0.25, 0.3) is 0 Å². The predicted molar refractivity (Wildman–Crippen MR) is 86.7 cm³/mol. The van der Waals surface area contributed by atoms with E-state index >= 15 is 0 Å². The van der Waals surface area contributed by atoms with Crippen LogP contribution in [0.15, 0.2) is 12.1 Å². The lowest BCUT2D eigenvalue weighted by Crippen LogP contribution is -2.45. The van der Waals surface area contributed by atoms with Gasteiger partial charge in [-0.15, -0.1) is 0 Å². The first-order chi connectivity index (χ1) is 10.0. The van der Waals surface area contributed by atoms with Crippen LogP contribution in [0, 0.1) is 0 Å². The van der Waals surface area contributed by atoms with Crippen LogP contribution in [-0.4, -0.2) is 44.0 Å². The summed E-state index contributed by atoms with van der Waals surface area (Å²) in [5, 5.41) is 2.97. The molecule has 1 aromatic rings. The maximum absolute atomic E-state index is 11.6. The third-order valence-corrected chi connectivity index (χ3v) is 4.62. The summed E-state index contributed by atoms with van der Waals surface area (Å²) in [7, 11) is 4.26. The lowest BCUT2D eigenvalue weighted by molar-refractivity contribution is -0.116. The van der Waals surface area contributed by atoms with Crippen molar-refractivity contribution in [2.75, 3.05) is 43.1 Å². The van der Waals surface area contributed by atoms with Crippen LogP contribution in [0.1, 0.15) is 24.8 Å². The first-order valence-electron chi connectivity index (χ1n) is 7.68. The molecule has 3 rings (SSSR count). The summed E-state index contributed by atoms with van der Waals surface area (Å²) >= 11 is 0. The number of rotatable bonds is 2. The molecule has 3 N–H and O–H groups in total. The second-order valence-electron chi connectivity index (χ2n) is 6.32. The molecular weight excluding hydrogens is 264 g/mol. The van der Waals surface area contributed by atoms with Crippen molar-refractivity contribution >= 4 is 23.0 Å². The fourth-order valence-corrected chi connectivity index (χ4v) is 3.31.